The van der Waals surface area contributed by atoms with Crippen molar-refractivity contribution in [3.63, 3.8) is 0 Å². The Hall–Kier alpha value is -1.74. The zero-order chi connectivity index (χ0) is 15.0. The summed E-state index contributed by atoms with van der Waals surface area (Å²) in [6, 6.07) is 2.08. The number of anilines is 2. The molecule has 110 valence electrons. The smallest absolute Gasteiger partial charge is 0.263 e. The van der Waals surface area contributed by atoms with Gasteiger partial charge in [-0.05, 0) is 13.3 Å². The number of hydrogen-bond donors (Lipinski definition) is 3. The Labute approximate surface area is 124 Å². The fourth-order valence-electron chi connectivity index (χ4n) is 1.84. The third kappa shape index (κ3) is 4.14. The third-order valence-electron chi connectivity index (χ3n) is 2.92. The molecule has 20 heavy (non-hydrogen) atoms. The van der Waals surface area contributed by atoms with Gasteiger partial charge < -0.3 is 16.4 Å². The molecule has 0 radical (unpaired) electrons. The van der Waals surface area contributed by atoms with Gasteiger partial charge in [-0.1, -0.05) is 26.2 Å². The second-order valence-electron chi connectivity index (χ2n) is 4.51. The summed E-state index contributed by atoms with van der Waals surface area (Å²) in [7, 11) is 0. The van der Waals surface area contributed by atoms with Crippen LogP contribution in [0, 0.1) is 11.3 Å². The molecule has 0 aliphatic carbocycles. The molecule has 0 bridgehead atoms. The predicted octanol–water partition coefficient (Wildman–Crippen LogP) is 2.94. The Morgan fingerprint density at radius 2 is 2.10 bits per heavy atom. The van der Waals surface area contributed by atoms with Crippen LogP contribution in [0.25, 0.3) is 0 Å². The van der Waals surface area contributed by atoms with Crippen LogP contribution in [0.2, 0.25) is 0 Å². The van der Waals surface area contributed by atoms with E-state index in [1.165, 1.54) is 24.2 Å². The molecule has 0 spiro atoms. The summed E-state index contributed by atoms with van der Waals surface area (Å²) in [5, 5.41) is 15.8. The van der Waals surface area contributed by atoms with Crippen LogP contribution in [-0.2, 0) is 0 Å². The summed E-state index contributed by atoms with van der Waals surface area (Å²) in [5.74, 6) is -0.217. The lowest BCUT2D eigenvalue weighted by atomic mass is 10.2. The minimum absolute atomic E-state index is 0.217. The van der Waals surface area contributed by atoms with Crippen LogP contribution in [0.1, 0.15) is 54.8 Å². The maximum absolute atomic E-state index is 11.8. The standard InChI is InChI=1S/C14H22N4OS/c1-3-5-6-7-8-18-14-10(9-15)11(16)12(20-14)13(19)17-4-2/h18H,3-8,16H2,1-2H3,(H,17,19). The van der Waals surface area contributed by atoms with Crippen molar-refractivity contribution in [3.8, 4) is 6.07 Å². The van der Waals surface area contributed by atoms with Gasteiger partial charge in [0.2, 0.25) is 0 Å². The highest BCUT2D eigenvalue weighted by molar-refractivity contribution is 7.18. The van der Waals surface area contributed by atoms with Crippen molar-refractivity contribution in [1.82, 2.24) is 5.32 Å². The van der Waals surface area contributed by atoms with Crippen molar-refractivity contribution in [2.24, 2.45) is 0 Å². The number of nitrogens with one attached hydrogen (secondary N) is 2. The van der Waals surface area contributed by atoms with Crippen molar-refractivity contribution in [1.29, 1.82) is 5.26 Å². The van der Waals surface area contributed by atoms with E-state index in [0.29, 0.717) is 22.0 Å². The summed E-state index contributed by atoms with van der Waals surface area (Å²) in [6.07, 6.45) is 4.61. The van der Waals surface area contributed by atoms with Gasteiger partial charge in [0.05, 0.1) is 5.69 Å². The summed E-state index contributed by atoms with van der Waals surface area (Å²) in [4.78, 5) is 12.3. The van der Waals surface area contributed by atoms with E-state index in [0.717, 1.165) is 19.4 Å². The lowest BCUT2D eigenvalue weighted by Gasteiger charge is -2.03. The molecule has 1 aromatic heterocycles. The number of hydrogen-bond acceptors (Lipinski definition) is 5. The van der Waals surface area contributed by atoms with Crippen molar-refractivity contribution < 1.29 is 4.79 Å². The average Bonchev–Trinajstić information content (AvgIpc) is 2.75. The van der Waals surface area contributed by atoms with Gasteiger partial charge in [-0.3, -0.25) is 4.79 Å². The molecule has 1 aromatic rings. The summed E-state index contributed by atoms with van der Waals surface area (Å²) < 4.78 is 0. The highest BCUT2D eigenvalue weighted by Gasteiger charge is 2.20. The minimum atomic E-state index is -0.217. The van der Waals surface area contributed by atoms with E-state index >= 15 is 0 Å². The quantitative estimate of drug-likeness (QED) is 0.643. The van der Waals surface area contributed by atoms with Crippen LogP contribution in [0.4, 0.5) is 10.7 Å². The molecule has 0 aliphatic heterocycles. The number of rotatable bonds is 8. The lowest BCUT2D eigenvalue weighted by molar-refractivity contribution is 0.0960. The third-order valence-corrected chi connectivity index (χ3v) is 4.08. The molecule has 1 heterocycles. The monoisotopic (exact) mass is 294 g/mol. The average molecular weight is 294 g/mol. The Morgan fingerprint density at radius 1 is 1.35 bits per heavy atom. The second-order valence-corrected chi connectivity index (χ2v) is 5.53. The Kier molecular flexibility index (Phi) is 6.88. The van der Waals surface area contributed by atoms with Gasteiger partial charge in [0.25, 0.3) is 5.91 Å². The van der Waals surface area contributed by atoms with Gasteiger partial charge in [-0.2, -0.15) is 5.26 Å². The molecule has 1 amide bonds. The summed E-state index contributed by atoms with van der Waals surface area (Å²) in [6.45, 7) is 5.35. The van der Waals surface area contributed by atoms with E-state index in [4.69, 9.17) is 11.0 Å². The van der Waals surface area contributed by atoms with Crippen LogP contribution in [-0.4, -0.2) is 19.0 Å². The van der Waals surface area contributed by atoms with Gasteiger partial charge in [0, 0.05) is 13.1 Å². The minimum Gasteiger partial charge on any atom is -0.396 e. The van der Waals surface area contributed by atoms with Gasteiger partial charge in [0.15, 0.2) is 0 Å². The van der Waals surface area contributed by atoms with Gasteiger partial charge in [-0.25, -0.2) is 0 Å². The van der Waals surface area contributed by atoms with Crippen LogP contribution in [0.15, 0.2) is 0 Å². The topological polar surface area (TPSA) is 90.9 Å². The van der Waals surface area contributed by atoms with Gasteiger partial charge in [-0.15, -0.1) is 11.3 Å². The maximum Gasteiger partial charge on any atom is 0.263 e. The van der Waals surface area contributed by atoms with Crippen LogP contribution in [0.5, 0.6) is 0 Å². The predicted molar refractivity (Wildman–Crippen MR) is 84.1 cm³/mol. The van der Waals surface area contributed by atoms with Gasteiger partial charge >= 0.3 is 0 Å². The van der Waals surface area contributed by atoms with Gasteiger partial charge in [0.1, 0.15) is 21.5 Å². The normalized spacial score (nSPS) is 10.1. The summed E-state index contributed by atoms with van der Waals surface area (Å²) in [5.41, 5.74) is 6.54. The number of nitrogens with zero attached hydrogens (tertiary/aromatic N) is 1. The first kappa shape index (κ1) is 16.3. The molecule has 4 N–H and O–H groups in total. The van der Waals surface area contributed by atoms with E-state index in [1.54, 1.807) is 0 Å². The molecule has 5 nitrogen and oxygen atoms in total. The highest BCUT2D eigenvalue weighted by Crippen LogP contribution is 2.35. The van der Waals surface area contributed by atoms with Crippen LogP contribution in [0.3, 0.4) is 0 Å². The fourth-order valence-corrected chi connectivity index (χ4v) is 2.86. The van der Waals surface area contributed by atoms with E-state index in [9.17, 15) is 4.79 Å². The van der Waals surface area contributed by atoms with E-state index in [1.807, 2.05) is 6.92 Å². The van der Waals surface area contributed by atoms with E-state index in [2.05, 4.69) is 23.6 Å². The number of amides is 1. The zero-order valence-corrected chi connectivity index (χ0v) is 12.9. The highest BCUT2D eigenvalue weighted by atomic mass is 32.1. The number of nitriles is 1. The first-order valence-electron chi connectivity index (χ1n) is 7.00. The number of carbonyl (C=O) groups excluding carboxylic acids is 1. The molecule has 0 saturated carbocycles. The maximum atomic E-state index is 11.8. The molecule has 0 unspecified atom stereocenters. The fraction of sp³-hybridized carbons (Fsp3) is 0.571. The Bertz CT molecular complexity index is 490. The molecule has 0 aliphatic rings. The Balaban J connectivity index is 2.73. The largest absolute Gasteiger partial charge is 0.396 e. The van der Waals surface area contributed by atoms with Crippen molar-refractivity contribution >= 4 is 27.9 Å². The van der Waals surface area contributed by atoms with Crippen LogP contribution >= 0.6 is 11.3 Å². The number of thiophene rings is 1. The van der Waals surface area contributed by atoms with Crippen LogP contribution < -0.4 is 16.4 Å². The number of nitrogen functional groups attached to an aromatic ring is 1. The van der Waals surface area contributed by atoms with E-state index < -0.39 is 0 Å². The zero-order valence-electron chi connectivity index (χ0n) is 12.1. The SMILES string of the molecule is CCCCCCNc1sc(C(=O)NCC)c(N)c1C#N. The first-order valence-corrected chi connectivity index (χ1v) is 7.81. The molecule has 0 fully saturated rings. The van der Waals surface area contributed by atoms with Crippen molar-refractivity contribution in [2.75, 3.05) is 24.1 Å². The van der Waals surface area contributed by atoms with Crippen molar-refractivity contribution in [2.45, 2.75) is 39.5 Å². The number of unbranched alkanes of at least 4 members (excludes halogenated alkanes) is 3. The molecule has 0 atom stereocenters. The molecule has 1 rings (SSSR count). The summed E-state index contributed by atoms with van der Waals surface area (Å²) >= 11 is 1.25. The van der Waals surface area contributed by atoms with Crippen molar-refractivity contribution in [3.05, 3.63) is 10.4 Å². The van der Waals surface area contributed by atoms with E-state index in [-0.39, 0.29) is 11.6 Å². The number of carbonyl (C=O) groups is 1. The molecular weight excluding hydrogens is 272 g/mol. The Morgan fingerprint density at radius 3 is 2.70 bits per heavy atom. The second kappa shape index (κ2) is 8.43. The number of nitrogens with two attached hydrogens (primary N) is 1. The molecular formula is C14H22N4OS. The molecule has 6 heteroatoms. The molecule has 0 aromatic carbocycles. The lowest BCUT2D eigenvalue weighted by Crippen LogP contribution is -2.22. The molecule has 0 saturated heterocycles. The first-order chi connectivity index (χ1) is 9.65.